The lowest BCUT2D eigenvalue weighted by atomic mass is 9.73. The van der Waals surface area contributed by atoms with Gasteiger partial charge in [0.25, 0.3) is 0 Å². The van der Waals surface area contributed by atoms with E-state index in [-0.39, 0.29) is 11.5 Å². The van der Waals surface area contributed by atoms with E-state index >= 15 is 0 Å². The molecule has 1 saturated carbocycles. The Morgan fingerprint density at radius 3 is 2.88 bits per heavy atom. The molecule has 1 aliphatic carbocycles. The summed E-state index contributed by atoms with van der Waals surface area (Å²) in [5, 5.41) is 13.0. The molecule has 2 unspecified atom stereocenters. The molecule has 4 heteroatoms. The molecular formula is C13H25N3O. The molecule has 1 fully saturated rings. The molecule has 0 heterocycles. The lowest BCUT2D eigenvalue weighted by molar-refractivity contribution is 0.00720. The monoisotopic (exact) mass is 239 g/mol. The van der Waals surface area contributed by atoms with Crippen molar-refractivity contribution in [2.75, 3.05) is 13.1 Å². The molecule has 2 atom stereocenters. The third-order valence-electron chi connectivity index (χ3n) is 3.46. The largest absolute Gasteiger partial charge is 0.392 e. The summed E-state index contributed by atoms with van der Waals surface area (Å²) in [5.74, 6) is 0.437. The van der Waals surface area contributed by atoms with Crippen molar-refractivity contribution in [3.8, 4) is 0 Å². The standard InChI is InChI=1S/C13H25N3O/c1-10(2)8-15-12(14)16-9-13(3)7-5-4-6-11(13)17/h11,17H,1,4-9H2,2-3H3,(H3,14,15,16). The summed E-state index contributed by atoms with van der Waals surface area (Å²) in [6, 6.07) is 0. The summed E-state index contributed by atoms with van der Waals surface area (Å²) >= 11 is 0. The first-order chi connectivity index (χ1) is 7.94. The fourth-order valence-electron chi connectivity index (χ4n) is 2.13. The minimum absolute atomic E-state index is 0.117. The molecule has 0 bridgehead atoms. The van der Waals surface area contributed by atoms with E-state index in [0.717, 1.165) is 24.8 Å². The van der Waals surface area contributed by atoms with E-state index in [9.17, 15) is 5.11 Å². The highest BCUT2D eigenvalue weighted by Gasteiger charge is 2.35. The highest BCUT2D eigenvalue weighted by atomic mass is 16.3. The molecule has 0 spiro atoms. The van der Waals surface area contributed by atoms with Gasteiger partial charge in [0.15, 0.2) is 5.96 Å². The zero-order chi connectivity index (χ0) is 12.9. The second-order valence-corrected chi connectivity index (χ2v) is 5.43. The molecule has 0 aromatic rings. The maximum Gasteiger partial charge on any atom is 0.188 e. The summed E-state index contributed by atoms with van der Waals surface area (Å²) in [6.45, 7) is 9.05. The highest BCUT2D eigenvalue weighted by molar-refractivity contribution is 5.78. The predicted molar refractivity (Wildman–Crippen MR) is 71.9 cm³/mol. The van der Waals surface area contributed by atoms with Gasteiger partial charge in [-0.15, -0.1) is 0 Å². The molecule has 0 radical (unpaired) electrons. The maximum absolute atomic E-state index is 10.0. The number of nitrogens with zero attached hydrogens (tertiary/aromatic N) is 1. The van der Waals surface area contributed by atoms with Crippen LogP contribution in [0.15, 0.2) is 17.1 Å². The Kier molecular flexibility index (Phi) is 5.00. The molecular weight excluding hydrogens is 214 g/mol. The van der Waals surface area contributed by atoms with Gasteiger partial charge < -0.3 is 16.2 Å². The van der Waals surface area contributed by atoms with Crippen LogP contribution in [0.3, 0.4) is 0 Å². The lowest BCUT2D eigenvalue weighted by Crippen LogP contribution is -2.40. The molecule has 0 aromatic carbocycles. The van der Waals surface area contributed by atoms with Crippen LogP contribution in [-0.4, -0.2) is 30.3 Å². The van der Waals surface area contributed by atoms with Gasteiger partial charge in [-0.2, -0.15) is 0 Å². The quantitative estimate of drug-likeness (QED) is 0.394. The Morgan fingerprint density at radius 1 is 1.59 bits per heavy atom. The van der Waals surface area contributed by atoms with E-state index < -0.39 is 0 Å². The van der Waals surface area contributed by atoms with Gasteiger partial charge in [-0.3, -0.25) is 4.99 Å². The molecule has 4 nitrogen and oxygen atoms in total. The molecule has 17 heavy (non-hydrogen) atoms. The van der Waals surface area contributed by atoms with Crippen molar-refractivity contribution in [1.29, 1.82) is 0 Å². The van der Waals surface area contributed by atoms with Crippen molar-refractivity contribution in [1.82, 2.24) is 5.32 Å². The molecule has 0 amide bonds. The second-order valence-electron chi connectivity index (χ2n) is 5.43. The normalized spacial score (nSPS) is 30.1. The van der Waals surface area contributed by atoms with Crippen molar-refractivity contribution in [2.24, 2.45) is 16.1 Å². The van der Waals surface area contributed by atoms with Crippen LogP contribution < -0.4 is 11.1 Å². The SMILES string of the molecule is C=C(C)CNC(N)=NCC1(C)CCCCC1O. The zero-order valence-corrected chi connectivity index (χ0v) is 11.0. The number of aliphatic hydroxyl groups excluding tert-OH is 1. The minimum Gasteiger partial charge on any atom is -0.392 e. The Morgan fingerprint density at radius 2 is 2.29 bits per heavy atom. The fraction of sp³-hybridized carbons (Fsp3) is 0.769. The van der Waals surface area contributed by atoms with Gasteiger partial charge in [0, 0.05) is 12.0 Å². The molecule has 98 valence electrons. The number of hydrogen-bond donors (Lipinski definition) is 3. The number of aliphatic imine (C=N–C) groups is 1. The van der Waals surface area contributed by atoms with E-state index in [1.165, 1.54) is 6.42 Å². The zero-order valence-electron chi connectivity index (χ0n) is 11.0. The van der Waals surface area contributed by atoms with Crippen LogP contribution in [0.5, 0.6) is 0 Å². The van der Waals surface area contributed by atoms with Gasteiger partial charge in [-0.25, -0.2) is 0 Å². The molecule has 0 aliphatic heterocycles. The van der Waals surface area contributed by atoms with Crippen LogP contribution in [-0.2, 0) is 0 Å². The Balaban J connectivity index is 2.46. The second kappa shape index (κ2) is 6.05. The third kappa shape index (κ3) is 4.38. The van der Waals surface area contributed by atoms with E-state index in [4.69, 9.17) is 5.73 Å². The summed E-state index contributed by atoms with van der Waals surface area (Å²) in [5.41, 5.74) is 6.66. The van der Waals surface area contributed by atoms with Crippen LogP contribution in [0.1, 0.15) is 39.5 Å². The lowest BCUT2D eigenvalue weighted by Gasteiger charge is -2.37. The predicted octanol–water partition coefficient (Wildman–Crippen LogP) is 1.41. The summed E-state index contributed by atoms with van der Waals surface area (Å²) in [6.07, 6.45) is 3.93. The number of guanidine groups is 1. The van der Waals surface area contributed by atoms with Crippen molar-refractivity contribution in [3.63, 3.8) is 0 Å². The van der Waals surface area contributed by atoms with Gasteiger partial charge >= 0.3 is 0 Å². The van der Waals surface area contributed by atoms with Crippen LogP contribution in [0.4, 0.5) is 0 Å². The van der Waals surface area contributed by atoms with E-state index in [1.807, 2.05) is 6.92 Å². The number of nitrogens with one attached hydrogen (secondary N) is 1. The van der Waals surface area contributed by atoms with Crippen molar-refractivity contribution in [2.45, 2.75) is 45.6 Å². The first-order valence-electron chi connectivity index (χ1n) is 6.30. The first-order valence-corrected chi connectivity index (χ1v) is 6.30. The highest BCUT2D eigenvalue weighted by Crippen LogP contribution is 2.36. The molecule has 0 saturated heterocycles. The Labute approximate surface area is 104 Å². The molecule has 4 N–H and O–H groups in total. The molecule has 1 rings (SSSR count). The fourth-order valence-corrected chi connectivity index (χ4v) is 2.13. The number of hydrogen-bond acceptors (Lipinski definition) is 2. The van der Waals surface area contributed by atoms with Crippen LogP contribution in [0.25, 0.3) is 0 Å². The number of rotatable bonds is 4. The smallest absolute Gasteiger partial charge is 0.188 e. The maximum atomic E-state index is 10.0. The van der Waals surface area contributed by atoms with Gasteiger partial charge in [0.2, 0.25) is 0 Å². The third-order valence-corrected chi connectivity index (χ3v) is 3.46. The first kappa shape index (κ1) is 14.0. The Hall–Kier alpha value is -1.03. The van der Waals surface area contributed by atoms with E-state index in [0.29, 0.717) is 19.0 Å². The van der Waals surface area contributed by atoms with Crippen LogP contribution in [0, 0.1) is 5.41 Å². The van der Waals surface area contributed by atoms with E-state index in [2.05, 4.69) is 23.8 Å². The van der Waals surface area contributed by atoms with Gasteiger partial charge in [-0.05, 0) is 19.8 Å². The summed E-state index contributed by atoms with van der Waals surface area (Å²) in [4.78, 5) is 4.32. The van der Waals surface area contributed by atoms with E-state index in [1.54, 1.807) is 0 Å². The minimum atomic E-state index is -0.256. The van der Waals surface area contributed by atoms with Gasteiger partial charge in [-0.1, -0.05) is 31.9 Å². The number of aliphatic hydroxyl groups is 1. The molecule has 1 aliphatic rings. The average Bonchev–Trinajstić information content (AvgIpc) is 2.28. The van der Waals surface area contributed by atoms with Crippen LogP contribution >= 0.6 is 0 Å². The van der Waals surface area contributed by atoms with Crippen molar-refractivity contribution in [3.05, 3.63) is 12.2 Å². The average molecular weight is 239 g/mol. The summed E-state index contributed by atoms with van der Waals surface area (Å²) < 4.78 is 0. The van der Waals surface area contributed by atoms with Gasteiger partial charge in [0.05, 0.1) is 12.6 Å². The van der Waals surface area contributed by atoms with Crippen molar-refractivity contribution >= 4 is 5.96 Å². The van der Waals surface area contributed by atoms with Gasteiger partial charge in [0.1, 0.15) is 0 Å². The summed E-state index contributed by atoms with van der Waals surface area (Å²) in [7, 11) is 0. The number of nitrogens with two attached hydrogens (primary N) is 1. The van der Waals surface area contributed by atoms with Crippen molar-refractivity contribution < 1.29 is 5.11 Å². The Bertz CT molecular complexity index is 301. The topological polar surface area (TPSA) is 70.6 Å². The molecule has 0 aromatic heterocycles. The van der Waals surface area contributed by atoms with Crippen LogP contribution in [0.2, 0.25) is 0 Å².